The van der Waals surface area contributed by atoms with Crippen molar-refractivity contribution in [3.63, 3.8) is 0 Å². The molecule has 0 spiro atoms. The van der Waals surface area contributed by atoms with Gasteiger partial charge in [0.05, 0.1) is 14.2 Å². The van der Waals surface area contributed by atoms with Gasteiger partial charge in [0.25, 0.3) is 0 Å². The van der Waals surface area contributed by atoms with Gasteiger partial charge in [0.1, 0.15) is 6.04 Å². The maximum Gasteiger partial charge on any atom is 0.328 e. The molecule has 0 aromatic heterocycles. The van der Waals surface area contributed by atoms with E-state index >= 15 is 0 Å². The third-order valence-electron chi connectivity index (χ3n) is 2.52. The number of amides is 1. The number of hydrogen-bond donors (Lipinski definition) is 1. The lowest BCUT2D eigenvalue weighted by molar-refractivity contribution is -0.144. The van der Waals surface area contributed by atoms with Crippen LogP contribution in [0.3, 0.4) is 0 Å². The van der Waals surface area contributed by atoms with E-state index in [1.165, 1.54) is 33.3 Å². The van der Waals surface area contributed by atoms with E-state index in [4.69, 9.17) is 4.74 Å². The van der Waals surface area contributed by atoms with Crippen LogP contribution in [-0.2, 0) is 20.7 Å². The van der Waals surface area contributed by atoms with Crippen LogP contribution < -0.4 is 10.1 Å². The summed E-state index contributed by atoms with van der Waals surface area (Å²) < 4.78 is 22.9. The molecule has 0 fully saturated rings. The molecule has 0 radical (unpaired) electrons. The summed E-state index contributed by atoms with van der Waals surface area (Å²) in [6.45, 7) is 1.30. The molecule has 1 N–H and O–H groups in total. The molecule has 6 heteroatoms. The predicted molar refractivity (Wildman–Crippen MR) is 66.3 cm³/mol. The van der Waals surface area contributed by atoms with Crippen molar-refractivity contribution >= 4 is 11.9 Å². The summed E-state index contributed by atoms with van der Waals surface area (Å²) >= 11 is 0. The first-order valence-electron chi connectivity index (χ1n) is 5.65. The Balaban J connectivity index is 2.86. The predicted octanol–water partition coefficient (Wildman–Crippen LogP) is 1.05. The summed E-state index contributed by atoms with van der Waals surface area (Å²) in [5, 5.41) is 2.46. The highest BCUT2D eigenvalue weighted by molar-refractivity contribution is 5.83. The highest BCUT2D eigenvalue weighted by atomic mass is 19.1. The lowest BCUT2D eigenvalue weighted by atomic mass is 10.1. The van der Waals surface area contributed by atoms with E-state index in [1.807, 2.05) is 0 Å². The average molecular weight is 269 g/mol. The van der Waals surface area contributed by atoms with Gasteiger partial charge < -0.3 is 14.8 Å². The van der Waals surface area contributed by atoms with Gasteiger partial charge in [0, 0.05) is 13.3 Å². The zero-order valence-electron chi connectivity index (χ0n) is 11.0. The first-order valence-corrected chi connectivity index (χ1v) is 5.65. The topological polar surface area (TPSA) is 64.6 Å². The summed E-state index contributed by atoms with van der Waals surface area (Å²) in [7, 11) is 2.60. The second kappa shape index (κ2) is 6.72. The van der Waals surface area contributed by atoms with E-state index in [2.05, 4.69) is 10.1 Å². The highest BCUT2D eigenvalue weighted by Crippen LogP contribution is 2.18. The molecule has 1 aromatic rings. The molecule has 19 heavy (non-hydrogen) atoms. The number of hydrogen-bond acceptors (Lipinski definition) is 4. The minimum Gasteiger partial charge on any atom is -0.494 e. The maximum atomic E-state index is 13.5. The van der Waals surface area contributed by atoms with Gasteiger partial charge in [-0.1, -0.05) is 6.07 Å². The van der Waals surface area contributed by atoms with Gasteiger partial charge in [-0.05, 0) is 17.7 Å². The van der Waals surface area contributed by atoms with Crippen LogP contribution in [0.1, 0.15) is 12.5 Å². The molecule has 104 valence electrons. The number of ether oxygens (including phenoxy) is 2. The Morgan fingerprint density at radius 2 is 2.05 bits per heavy atom. The van der Waals surface area contributed by atoms with Crippen molar-refractivity contribution < 1.29 is 23.5 Å². The van der Waals surface area contributed by atoms with Crippen molar-refractivity contribution in [1.82, 2.24) is 5.32 Å². The molecular formula is C13H16FNO4. The minimum absolute atomic E-state index is 0.123. The van der Waals surface area contributed by atoms with Gasteiger partial charge in [-0.15, -0.1) is 0 Å². The molecule has 1 rings (SSSR count). The van der Waals surface area contributed by atoms with Gasteiger partial charge in [0.2, 0.25) is 5.91 Å². The van der Waals surface area contributed by atoms with Gasteiger partial charge in [-0.3, -0.25) is 4.79 Å². The zero-order valence-corrected chi connectivity index (χ0v) is 11.0. The third-order valence-corrected chi connectivity index (χ3v) is 2.52. The standard InChI is InChI=1S/C13H16FNO4/c1-8(16)15-11(13(17)19-3)7-9-4-5-12(18-2)10(14)6-9/h4-6,11H,7H2,1-3H3,(H,15,16). The number of carbonyl (C=O) groups excluding carboxylic acids is 2. The van der Waals surface area contributed by atoms with Gasteiger partial charge in [0.15, 0.2) is 11.6 Å². The Morgan fingerprint density at radius 1 is 1.37 bits per heavy atom. The molecule has 0 aliphatic heterocycles. The molecule has 1 amide bonds. The van der Waals surface area contributed by atoms with Crippen molar-refractivity contribution in [1.29, 1.82) is 0 Å². The fourth-order valence-corrected chi connectivity index (χ4v) is 1.65. The summed E-state index contributed by atoms with van der Waals surface area (Å²) in [5.74, 6) is -1.33. The second-order valence-electron chi connectivity index (χ2n) is 3.95. The Labute approximate surface area is 110 Å². The number of halogens is 1. The number of nitrogens with one attached hydrogen (secondary N) is 1. The maximum absolute atomic E-state index is 13.5. The number of methoxy groups -OCH3 is 2. The van der Waals surface area contributed by atoms with Crippen molar-refractivity contribution in [2.75, 3.05) is 14.2 Å². The number of carbonyl (C=O) groups is 2. The monoisotopic (exact) mass is 269 g/mol. The number of esters is 1. The summed E-state index contributed by atoms with van der Waals surface area (Å²) in [6.07, 6.45) is 0.146. The largest absolute Gasteiger partial charge is 0.494 e. The summed E-state index contributed by atoms with van der Waals surface area (Å²) in [5.41, 5.74) is 0.558. The van der Waals surface area contributed by atoms with Crippen LogP contribution in [0, 0.1) is 5.82 Å². The summed E-state index contributed by atoms with van der Waals surface area (Å²) in [6, 6.07) is 3.51. The van der Waals surface area contributed by atoms with E-state index in [0.717, 1.165) is 0 Å². The van der Waals surface area contributed by atoms with Crippen LogP contribution in [0.5, 0.6) is 5.75 Å². The van der Waals surface area contributed by atoms with Crippen molar-refractivity contribution in [2.45, 2.75) is 19.4 Å². The molecule has 0 saturated heterocycles. The van der Waals surface area contributed by atoms with Crippen molar-refractivity contribution in [2.24, 2.45) is 0 Å². The quantitative estimate of drug-likeness (QED) is 0.812. The molecule has 0 aliphatic carbocycles. The first kappa shape index (κ1) is 14.9. The highest BCUT2D eigenvalue weighted by Gasteiger charge is 2.21. The molecule has 1 unspecified atom stereocenters. The van der Waals surface area contributed by atoms with Crippen LogP contribution >= 0.6 is 0 Å². The van der Waals surface area contributed by atoms with Crippen molar-refractivity contribution in [3.8, 4) is 5.75 Å². The lowest BCUT2D eigenvalue weighted by Gasteiger charge is -2.15. The summed E-state index contributed by atoms with van der Waals surface area (Å²) in [4.78, 5) is 22.5. The van der Waals surface area contributed by atoms with Crippen molar-refractivity contribution in [3.05, 3.63) is 29.6 Å². The third kappa shape index (κ3) is 4.24. The van der Waals surface area contributed by atoms with Crippen LogP contribution in [0.25, 0.3) is 0 Å². The molecule has 0 bridgehead atoms. The normalized spacial score (nSPS) is 11.6. The van der Waals surface area contributed by atoms with Crippen LogP contribution in [-0.4, -0.2) is 32.1 Å². The van der Waals surface area contributed by atoms with Crippen LogP contribution in [0.2, 0.25) is 0 Å². The van der Waals surface area contributed by atoms with Crippen LogP contribution in [0.4, 0.5) is 4.39 Å². The number of rotatable bonds is 5. The molecule has 1 aromatic carbocycles. The Morgan fingerprint density at radius 3 is 2.53 bits per heavy atom. The van der Waals surface area contributed by atoms with E-state index < -0.39 is 17.8 Å². The van der Waals surface area contributed by atoms with Gasteiger partial charge >= 0.3 is 5.97 Å². The zero-order chi connectivity index (χ0) is 14.4. The first-order chi connectivity index (χ1) is 8.97. The molecule has 5 nitrogen and oxygen atoms in total. The molecular weight excluding hydrogens is 253 g/mol. The molecule has 0 heterocycles. The fourth-order valence-electron chi connectivity index (χ4n) is 1.65. The second-order valence-corrected chi connectivity index (χ2v) is 3.95. The van der Waals surface area contributed by atoms with E-state index in [9.17, 15) is 14.0 Å². The average Bonchev–Trinajstić information content (AvgIpc) is 2.36. The SMILES string of the molecule is COC(=O)C(Cc1ccc(OC)c(F)c1)NC(C)=O. The fraction of sp³-hybridized carbons (Fsp3) is 0.385. The molecule has 0 saturated carbocycles. The molecule has 0 aliphatic rings. The number of benzene rings is 1. The minimum atomic E-state index is -0.838. The molecule has 1 atom stereocenters. The van der Waals surface area contributed by atoms with Gasteiger partial charge in [-0.25, -0.2) is 9.18 Å². The van der Waals surface area contributed by atoms with E-state index in [1.54, 1.807) is 6.07 Å². The Bertz CT molecular complexity index is 476. The Kier molecular flexibility index (Phi) is 5.29. The lowest BCUT2D eigenvalue weighted by Crippen LogP contribution is -2.42. The van der Waals surface area contributed by atoms with E-state index in [-0.39, 0.29) is 18.1 Å². The smallest absolute Gasteiger partial charge is 0.328 e. The van der Waals surface area contributed by atoms with E-state index in [0.29, 0.717) is 5.56 Å². The Hall–Kier alpha value is -2.11. The van der Waals surface area contributed by atoms with Gasteiger partial charge in [-0.2, -0.15) is 0 Å². The van der Waals surface area contributed by atoms with Crippen LogP contribution in [0.15, 0.2) is 18.2 Å².